The fourth-order valence-electron chi connectivity index (χ4n) is 5.84. The molecule has 3 aliphatic carbocycles. The Morgan fingerprint density at radius 2 is 1.50 bits per heavy atom. The van der Waals surface area contributed by atoms with Crippen molar-refractivity contribution in [3.63, 3.8) is 0 Å². The van der Waals surface area contributed by atoms with E-state index in [4.69, 9.17) is 0 Å². The molecule has 130 valence electrons. The van der Waals surface area contributed by atoms with Gasteiger partial charge < -0.3 is 0 Å². The van der Waals surface area contributed by atoms with E-state index in [-0.39, 0.29) is 5.41 Å². The van der Waals surface area contributed by atoms with Crippen LogP contribution in [0.5, 0.6) is 0 Å². The zero-order valence-corrected chi connectivity index (χ0v) is 15.4. The summed E-state index contributed by atoms with van der Waals surface area (Å²) >= 11 is 0. The third-order valence-electron chi connectivity index (χ3n) is 6.92. The fourth-order valence-corrected chi connectivity index (χ4v) is 5.84. The molecule has 0 heteroatoms. The van der Waals surface area contributed by atoms with E-state index < -0.39 is 0 Å². The van der Waals surface area contributed by atoms with E-state index in [0.29, 0.717) is 0 Å². The molecule has 0 aliphatic heterocycles. The lowest BCUT2D eigenvalue weighted by Crippen LogP contribution is -2.30. The van der Waals surface area contributed by atoms with Crippen LogP contribution in [0.4, 0.5) is 0 Å². The first-order chi connectivity index (χ1) is 13.9. The number of hydrogen-bond donors (Lipinski definition) is 0. The van der Waals surface area contributed by atoms with E-state index in [1.165, 1.54) is 54.9 Å². The summed E-state index contributed by atoms with van der Waals surface area (Å²) in [7, 11) is 0. The van der Waals surface area contributed by atoms with Crippen LogP contribution in [0.25, 0.3) is 38.7 Å². The number of fused-ring (bicyclic) bond motifs is 6. The van der Waals surface area contributed by atoms with Crippen LogP contribution in [-0.2, 0) is 5.41 Å². The van der Waals surface area contributed by atoms with E-state index >= 15 is 0 Å². The molecule has 1 unspecified atom stereocenters. The molecule has 0 radical (unpaired) electrons. The highest BCUT2D eigenvalue weighted by molar-refractivity contribution is 6.07. The summed E-state index contributed by atoms with van der Waals surface area (Å²) < 4.78 is 0. The topological polar surface area (TPSA) is 0 Å². The van der Waals surface area contributed by atoms with Crippen LogP contribution < -0.4 is 0 Å². The maximum atomic E-state index is 2.42. The molecule has 28 heavy (non-hydrogen) atoms. The van der Waals surface area contributed by atoms with Gasteiger partial charge in [0.1, 0.15) is 0 Å². The monoisotopic (exact) mass is 354 g/mol. The zero-order valence-electron chi connectivity index (χ0n) is 15.4. The lowest BCUT2D eigenvalue weighted by atomic mass is 9.63. The van der Waals surface area contributed by atoms with Gasteiger partial charge in [-0.2, -0.15) is 0 Å². The van der Waals surface area contributed by atoms with Gasteiger partial charge in [0.05, 0.1) is 5.41 Å². The van der Waals surface area contributed by atoms with Crippen molar-refractivity contribution in [3.05, 3.63) is 113 Å². The Morgan fingerprint density at radius 3 is 2.43 bits per heavy atom. The largest absolute Gasteiger partial charge is 0.0830 e. The molecular weight excluding hydrogens is 336 g/mol. The Morgan fingerprint density at radius 1 is 0.679 bits per heavy atom. The molecule has 0 amide bonds. The zero-order chi connectivity index (χ0) is 18.3. The van der Waals surface area contributed by atoms with Crippen molar-refractivity contribution in [3.8, 4) is 11.1 Å². The Bertz CT molecular complexity index is 1430. The van der Waals surface area contributed by atoms with Gasteiger partial charge in [-0.25, -0.2) is 0 Å². The van der Waals surface area contributed by atoms with Gasteiger partial charge >= 0.3 is 0 Å². The van der Waals surface area contributed by atoms with Crippen molar-refractivity contribution in [2.75, 3.05) is 0 Å². The molecule has 0 saturated heterocycles. The predicted molar refractivity (Wildman–Crippen MR) is 119 cm³/mol. The summed E-state index contributed by atoms with van der Waals surface area (Å²) in [6, 6.07) is 24.8. The third-order valence-corrected chi connectivity index (χ3v) is 6.92. The van der Waals surface area contributed by atoms with Crippen LogP contribution >= 0.6 is 0 Å². The molecule has 1 atom stereocenters. The van der Waals surface area contributed by atoms with Crippen LogP contribution in [0.15, 0.2) is 96.6 Å². The highest BCUT2D eigenvalue weighted by atomic mass is 14.5. The minimum atomic E-state index is -0.0611. The molecule has 4 aromatic rings. The average Bonchev–Trinajstić information content (AvgIpc) is 3.04. The van der Waals surface area contributed by atoms with Crippen LogP contribution in [-0.4, -0.2) is 0 Å². The standard InChI is InChI=1S/C28H18/c1-4-11-22-18(7-1)12-14-24-25-17-19-8-2-3-10-21(19)23-15-13-20-9-5-6-16-28(20,26(22)24)27(23)25/h1-15,17H,16H2. The first kappa shape index (κ1) is 14.6. The molecule has 7 rings (SSSR count). The van der Waals surface area contributed by atoms with Gasteiger partial charge in [0.15, 0.2) is 0 Å². The summed E-state index contributed by atoms with van der Waals surface area (Å²) in [5, 5.41) is 5.42. The van der Waals surface area contributed by atoms with Gasteiger partial charge in [0, 0.05) is 0 Å². The second-order valence-electron chi connectivity index (χ2n) is 8.14. The van der Waals surface area contributed by atoms with Crippen LogP contribution in [0.3, 0.4) is 0 Å². The molecular formula is C28H18. The van der Waals surface area contributed by atoms with Gasteiger partial charge in [-0.15, -0.1) is 0 Å². The SMILES string of the molecule is C1=CCC23C(=C1)C=Cc1c2c(cc2ccccc12)-c1ccc2ccccc2c13. The quantitative estimate of drug-likeness (QED) is 0.314. The Balaban J connectivity index is 1.76. The van der Waals surface area contributed by atoms with E-state index in [0.717, 1.165) is 6.42 Å². The highest BCUT2D eigenvalue weighted by Crippen LogP contribution is 2.61. The van der Waals surface area contributed by atoms with Gasteiger partial charge in [-0.05, 0) is 67.4 Å². The van der Waals surface area contributed by atoms with Crippen molar-refractivity contribution in [1.29, 1.82) is 0 Å². The minimum absolute atomic E-state index is 0.0611. The lowest BCUT2D eigenvalue weighted by Gasteiger charge is -2.38. The normalized spacial score (nSPS) is 20.8. The molecule has 0 fully saturated rings. The molecule has 0 heterocycles. The molecule has 0 bridgehead atoms. The maximum Gasteiger partial charge on any atom is 0.0510 e. The Labute approximate surface area is 164 Å². The number of rotatable bonds is 0. The van der Waals surface area contributed by atoms with E-state index in [1.54, 1.807) is 0 Å². The van der Waals surface area contributed by atoms with Crippen molar-refractivity contribution in [2.45, 2.75) is 11.8 Å². The highest BCUT2D eigenvalue weighted by Gasteiger charge is 2.49. The van der Waals surface area contributed by atoms with Gasteiger partial charge in [0.25, 0.3) is 0 Å². The summed E-state index contributed by atoms with van der Waals surface area (Å²) in [6.45, 7) is 0. The molecule has 0 aromatic heterocycles. The molecule has 0 nitrogen and oxygen atoms in total. The molecule has 1 spiro atoms. The molecule has 0 saturated carbocycles. The maximum absolute atomic E-state index is 2.42. The van der Waals surface area contributed by atoms with E-state index in [1.807, 2.05) is 0 Å². The molecule has 4 aromatic carbocycles. The first-order valence-electron chi connectivity index (χ1n) is 10.0. The summed E-state index contributed by atoms with van der Waals surface area (Å²) in [4.78, 5) is 0. The predicted octanol–water partition coefficient (Wildman–Crippen LogP) is 7.17. The minimum Gasteiger partial charge on any atom is -0.0830 e. The van der Waals surface area contributed by atoms with Gasteiger partial charge in [-0.1, -0.05) is 91.0 Å². The lowest BCUT2D eigenvalue weighted by molar-refractivity contribution is 0.638. The molecule has 0 N–H and O–H groups in total. The van der Waals surface area contributed by atoms with Crippen molar-refractivity contribution < 1.29 is 0 Å². The van der Waals surface area contributed by atoms with Crippen molar-refractivity contribution in [2.24, 2.45) is 0 Å². The van der Waals surface area contributed by atoms with Crippen LogP contribution in [0.1, 0.15) is 23.1 Å². The summed E-state index contributed by atoms with van der Waals surface area (Å²) in [5.74, 6) is 0. The van der Waals surface area contributed by atoms with Crippen molar-refractivity contribution >= 4 is 27.6 Å². The molecule has 3 aliphatic rings. The third kappa shape index (κ3) is 1.55. The Hall–Kier alpha value is -3.38. The summed E-state index contributed by atoms with van der Waals surface area (Å²) in [5.41, 5.74) is 8.60. The van der Waals surface area contributed by atoms with Crippen LogP contribution in [0, 0.1) is 0 Å². The van der Waals surface area contributed by atoms with E-state index in [2.05, 4.69) is 97.1 Å². The van der Waals surface area contributed by atoms with Gasteiger partial charge in [-0.3, -0.25) is 0 Å². The van der Waals surface area contributed by atoms with E-state index in [9.17, 15) is 0 Å². The summed E-state index contributed by atoms with van der Waals surface area (Å²) in [6.07, 6.45) is 12.6. The second kappa shape index (κ2) is 4.91. The second-order valence-corrected chi connectivity index (χ2v) is 8.14. The number of benzene rings is 4. The van der Waals surface area contributed by atoms with Gasteiger partial charge in [0.2, 0.25) is 0 Å². The van der Waals surface area contributed by atoms with Crippen molar-refractivity contribution in [1.82, 2.24) is 0 Å². The number of hydrogen-bond acceptors (Lipinski definition) is 0. The number of allylic oxidation sites excluding steroid dienone is 5. The smallest absolute Gasteiger partial charge is 0.0510 e. The van der Waals surface area contributed by atoms with Crippen LogP contribution in [0.2, 0.25) is 0 Å². The first-order valence-corrected chi connectivity index (χ1v) is 10.0. The Kier molecular flexibility index (Phi) is 2.57. The fraction of sp³-hybridized carbons (Fsp3) is 0.0714. The average molecular weight is 354 g/mol.